The van der Waals surface area contributed by atoms with Gasteiger partial charge in [-0.3, -0.25) is 9.52 Å². The van der Waals surface area contributed by atoms with Gasteiger partial charge < -0.3 is 4.90 Å². The molecule has 2 aromatic rings. The van der Waals surface area contributed by atoms with E-state index >= 15 is 0 Å². The zero-order valence-electron chi connectivity index (χ0n) is 15.6. The van der Waals surface area contributed by atoms with Crippen LogP contribution < -0.4 is 4.72 Å². The summed E-state index contributed by atoms with van der Waals surface area (Å²) < 4.78 is 28.3. The van der Waals surface area contributed by atoms with Crippen LogP contribution in [0.2, 0.25) is 0 Å². The van der Waals surface area contributed by atoms with Gasteiger partial charge in [-0.05, 0) is 62.3 Å². The van der Waals surface area contributed by atoms with E-state index in [1.165, 1.54) is 17.8 Å². The Morgan fingerprint density at radius 2 is 1.78 bits per heavy atom. The number of nitrogens with one attached hydrogen (secondary N) is 1. The molecule has 5 nitrogen and oxygen atoms in total. The molecule has 0 aromatic heterocycles. The van der Waals surface area contributed by atoms with Crippen LogP contribution in [0.1, 0.15) is 35.2 Å². The molecule has 0 atom stereocenters. The number of amides is 1. The molecule has 0 aliphatic carbocycles. The molecule has 0 unspecified atom stereocenters. The number of piperidine rings is 1. The van der Waals surface area contributed by atoms with Crippen molar-refractivity contribution in [3.63, 3.8) is 0 Å². The number of benzene rings is 2. The van der Waals surface area contributed by atoms with Gasteiger partial charge in [-0.2, -0.15) is 0 Å². The predicted molar refractivity (Wildman–Crippen MR) is 110 cm³/mol. The van der Waals surface area contributed by atoms with Gasteiger partial charge in [0, 0.05) is 18.0 Å². The number of sulfonamides is 1. The normalized spacial score (nSPS) is 14.8. The van der Waals surface area contributed by atoms with Crippen LogP contribution in [0.4, 0.5) is 5.69 Å². The number of carbonyl (C=O) groups is 1. The third-order valence-electron chi connectivity index (χ3n) is 4.74. The largest absolute Gasteiger partial charge is 0.339 e. The van der Waals surface area contributed by atoms with Crippen LogP contribution in [-0.4, -0.2) is 38.6 Å². The standard InChI is InChI=1S/C20H24N2O3S2/c1-15-8-4-5-9-18(15)21-27(24,25)16-10-11-19(26-2)17(14-16)20(23)22-12-6-3-7-13-22/h4-5,8-11,14,21H,3,6-7,12-13H2,1-2H3. The number of nitrogens with zero attached hydrogens (tertiary/aromatic N) is 1. The number of anilines is 1. The molecule has 0 bridgehead atoms. The van der Waals surface area contributed by atoms with Gasteiger partial charge in [0.05, 0.1) is 16.1 Å². The highest BCUT2D eigenvalue weighted by molar-refractivity contribution is 7.98. The Labute approximate surface area is 165 Å². The molecule has 7 heteroatoms. The maximum absolute atomic E-state index is 13.0. The van der Waals surface area contributed by atoms with E-state index in [9.17, 15) is 13.2 Å². The van der Waals surface area contributed by atoms with Gasteiger partial charge in [-0.25, -0.2) is 8.42 Å². The number of hydrogen-bond donors (Lipinski definition) is 1. The molecule has 1 aliphatic heterocycles. The average Bonchev–Trinajstić information content (AvgIpc) is 2.69. The number of rotatable bonds is 5. The van der Waals surface area contributed by atoms with Crippen molar-refractivity contribution in [2.45, 2.75) is 36.0 Å². The van der Waals surface area contributed by atoms with Gasteiger partial charge in [0.15, 0.2) is 0 Å². The summed E-state index contributed by atoms with van der Waals surface area (Å²) in [4.78, 5) is 15.7. The fraction of sp³-hybridized carbons (Fsp3) is 0.350. The molecule has 1 saturated heterocycles. The molecule has 27 heavy (non-hydrogen) atoms. The smallest absolute Gasteiger partial charge is 0.261 e. The lowest BCUT2D eigenvalue weighted by atomic mass is 10.1. The van der Waals surface area contributed by atoms with Gasteiger partial charge in [-0.15, -0.1) is 11.8 Å². The fourth-order valence-corrected chi connectivity index (χ4v) is 4.91. The molecule has 1 fully saturated rings. The van der Waals surface area contributed by atoms with Gasteiger partial charge in [0.1, 0.15) is 0 Å². The summed E-state index contributed by atoms with van der Waals surface area (Å²) in [6, 6.07) is 12.0. The maximum Gasteiger partial charge on any atom is 0.261 e. The molecule has 0 spiro atoms. The SMILES string of the molecule is CSc1ccc(S(=O)(=O)Nc2ccccc2C)cc1C(=O)N1CCCCC1. The zero-order chi connectivity index (χ0) is 19.4. The lowest BCUT2D eigenvalue weighted by Gasteiger charge is -2.27. The number of aryl methyl sites for hydroxylation is 1. The Hall–Kier alpha value is -1.99. The molecule has 144 valence electrons. The summed E-state index contributed by atoms with van der Waals surface area (Å²) in [5.41, 5.74) is 1.83. The van der Waals surface area contributed by atoms with Crippen molar-refractivity contribution in [3.05, 3.63) is 53.6 Å². The minimum Gasteiger partial charge on any atom is -0.339 e. The second-order valence-corrected chi connectivity index (χ2v) is 9.17. The first-order valence-corrected chi connectivity index (χ1v) is 11.7. The Morgan fingerprint density at radius 1 is 1.07 bits per heavy atom. The van der Waals surface area contributed by atoms with Crippen LogP contribution >= 0.6 is 11.8 Å². The minimum atomic E-state index is -3.78. The molecular weight excluding hydrogens is 380 g/mol. The van der Waals surface area contributed by atoms with E-state index in [1.54, 1.807) is 24.3 Å². The zero-order valence-corrected chi connectivity index (χ0v) is 17.2. The Balaban J connectivity index is 1.94. The molecular formula is C20H24N2O3S2. The lowest BCUT2D eigenvalue weighted by molar-refractivity contribution is 0.0720. The summed E-state index contributed by atoms with van der Waals surface area (Å²) in [5, 5.41) is 0. The lowest BCUT2D eigenvalue weighted by Crippen LogP contribution is -2.36. The number of carbonyl (C=O) groups excluding carboxylic acids is 1. The highest BCUT2D eigenvalue weighted by Gasteiger charge is 2.24. The van der Waals surface area contributed by atoms with Crippen molar-refractivity contribution >= 4 is 33.4 Å². The van der Waals surface area contributed by atoms with E-state index in [4.69, 9.17) is 0 Å². The average molecular weight is 405 g/mol. The molecule has 2 aromatic carbocycles. The van der Waals surface area contributed by atoms with Crippen LogP contribution in [0, 0.1) is 6.92 Å². The van der Waals surface area contributed by atoms with Crippen molar-refractivity contribution in [3.8, 4) is 0 Å². The van der Waals surface area contributed by atoms with Crippen LogP contribution in [0.3, 0.4) is 0 Å². The third kappa shape index (κ3) is 4.47. The number of likely N-dealkylation sites (tertiary alicyclic amines) is 1. The topological polar surface area (TPSA) is 66.5 Å². The van der Waals surface area contributed by atoms with Crippen molar-refractivity contribution in [2.75, 3.05) is 24.1 Å². The number of hydrogen-bond acceptors (Lipinski definition) is 4. The molecule has 1 aliphatic rings. The van der Waals surface area contributed by atoms with Gasteiger partial charge in [0.25, 0.3) is 15.9 Å². The van der Waals surface area contributed by atoms with E-state index in [0.29, 0.717) is 11.3 Å². The molecule has 0 saturated carbocycles. The first kappa shape index (κ1) is 19.8. The third-order valence-corrected chi connectivity index (χ3v) is 6.90. The van der Waals surface area contributed by atoms with Crippen molar-refractivity contribution < 1.29 is 13.2 Å². The summed E-state index contributed by atoms with van der Waals surface area (Å²) >= 11 is 1.45. The summed E-state index contributed by atoms with van der Waals surface area (Å²) in [7, 11) is -3.78. The first-order valence-electron chi connectivity index (χ1n) is 8.98. The van der Waals surface area contributed by atoms with E-state index in [1.807, 2.05) is 30.2 Å². The second-order valence-electron chi connectivity index (χ2n) is 6.64. The Morgan fingerprint density at radius 3 is 2.44 bits per heavy atom. The van der Waals surface area contributed by atoms with E-state index in [-0.39, 0.29) is 10.8 Å². The summed E-state index contributed by atoms with van der Waals surface area (Å²) in [6.07, 6.45) is 5.01. The van der Waals surface area contributed by atoms with E-state index in [0.717, 1.165) is 42.8 Å². The summed E-state index contributed by atoms with van der Waals surface area (Å²) in [5.74, 6) is -0.0907. The van der Waals surface area contributed by atoms with Gasteiger partial charge in [0.2, 0.25) is 0 Å². The van der Waals surface area contributed by atoms with Crippen molar-refractivity contribution in [1.29, 1.82) is 0 Å². The highest BCUT2D eigenvalue weighted by atomic mass is 32.2. The Kier molecular flexibility index (Phi) is 6.11. The molecule has 1 N–H and O–H groups in total. The molecule has 0 radical (unpaired) electrons. The van der Waals surface area contributed by atoms with E-state index in [2.05, 4.69) is 4.72 Å². The van der Waals surface area contributed by atoms with Crippen LogP contribution in [0.5, 0.6) is 0 Å². The highest BCUT2D eigenvalue weighted by Crippen LogP contribution is 2.27. The maximum atomic E-state index is 13.0. The predicted octanol–water partition coefficient (Wildman–Crippen LogP) is 4.14. The molecule has 3 rings (SSSR count). The first-order chi connectivity index (χ1) is 12.9. The minimum absolute atomic E-state index is 0.0907. The molecule has 1 amide bonds. The van der Waals surface area contributed by atoms with Crippen LogP contribution in [0.25, 0.3) is 0 Å². The Bertz CT molecular complexity index is 936. The van der Waals surface area contributed by atoms with E-state index < -0.39 is 10.0 Å². The fourth-order valence-electron chi connectivity index (χ4n) is 3.18. The quantitative estimate of drug-likeness (QED) is 0.761. The monoisotopic (exact) mass is 404 g/mol. The second kappa shape index (κ2) is 8.35. The van der Waals surface area contributed by atoms with Gasteiger partial charge in [-0.1, -0.05) is 18.2 Å². The molecule has 1 heterocycles. The number of para-hydroxylation sites is 1. The van der Waals surface area contributed by atoms with Crippen molar-refractivity contribution in [2.24, 2.45) is 0 Å². The van der Waals surface area contributed by atoms with Crippen molar-refractivity contribution in [1.82, 2.24) is 4.90 Å². The van der Waals surface area contributed by atoms with Crippen LogP contribution in [0.15, 0.2) is 52.3 Å². The summed E-state index contributed by atoms with van der Waals surface area (Å²) in [6.45, 7) is 3.30. The van der Waals surface area contributed by atoms with Crippen LogP contribution in [-0.2, 0) is 10.0 Å². The van der Waals surface area contributed by atoms with Gasteiger partial charge >= 0.3 is 0 Å². The number of thioether (sulfide) groups is 1.